The Kier molecular flexibility index (Phi) is 3.87. The fourth-order valence-electron chi connectivity index (χ4n) is 2.55. The number of ketones is 1. The highest BCUT2D eigenvalue weighted by Gasteiger charge is 2.28. The predicted molar refractivity (Wildman–Crippen MR) is 94.0 cm³/mol. The summed E-state index contributed by atoms with van der Waals surface area (Å²) in [5.74, 6) is 0.306. The van der Waals surface area contributed by atoms with E-state index in [4.69, 9.17) is 4.74 Å². The van der Waals surface area contributed by atoms with Gasteiger partial charge in [-0.05, 0) is 29.6 Å². The van der Waals surface area contributed by atoms with Crippen LogP contribution in [0, 0.1) is 0 Å². The second-order valence-corrected chi connectivity index (χ2v) is 6.89. The number of aromatic nitrogens is 1. The molecule has 0 atom stereocenters. The number of rotatable bonds is 4. The lowest BCUT2D eigenvalue weighted by Gasteiger charge is -2.29. The number of ether oxygens (including phenoxy) is 1. The van der Waals surface area contributed by atoms with Gasteiger partial charge in [0.05, 0.1) is 28.3 Å². The summed E-state index contributed by atoms with van der Waals surface area (Å²) < 4.78 is 5.49. The Hall–Kier alpha value is -2.51. The predicted octanol–water partition coefficient (Wildman–Crippen LogP) is 3.48. The molecule has 5 nitrogen and oxygen atoms in total. The first-order valence-electron chi connectivity index (χ1n) is 7.25. The minimum absolute atomic E-state index is 0.0101. The van der Waals surface area contributed by atoms with Gasteiger partial charge in [-0.15, -0.1) is 22.7 Å². The van der Waals surface area contributed by atoms with Gasteiger partial charge in [-0.3, -0.25) is 14.5 Å². The Morgan fingerprint density at radius 2 is 2.25 bits per heavy atom. The highest BCUT2D eigenvalue weighted by Crippen LogP contribution is 2.36. The molecular formula is C17H12N2O3S2. The average molecular weight is 356 g/mol. The van der Waals surface area contributed by atoms with Crippen LogP contribution < -0.4 is 9.64 Å². The Morgan fingerprint density at radius 3 is 3.00 bits per heavy atom. The number of fused-ring (bicyclic) bond motifs is 1. The van der Waals surface area contributed by atoms with Crippen LogP contribution in [0.2, 0.25) is 0 Å². The lowest BCUT2D eigenvalue weighted by atomic mass is 10.1. The number of hydrogen-bond acceptors (Lipinski definition) is 6. The molecule has 7 heteroatoms. The van der Waals surface area contributed by atoms with Crippen LogP contribution in [0.1, 0.15) is 9.67 Å². The number of benzene rings is 1. The van der Waals surface area contributed by atoms with E-state index in [2.05, 4.69) is 4.98 Å². The number of carbonyl (C=O) groups excluding carboxylic acids is 2. The Morgan fingerprint density at radius 1 is 1.33 bits per heavy atom. The molecule has 3 heterocycles. The van der Waals surface area contributed by atoms with Crippen molar-refractivity contribution < 1.29 is 14.3 Å². The SMILES string of the molecule is O=C(CN1C(=O)COc2ccc(-c3cscn3)cc21)c1cccs1. The first-order chi connectivity index (χ1) is 11.7. The van der Waals surface area contributed by atoms with Crippen LogP contribution in [0.15, 0.2) is 46.6 Å². The number of nitrogens with zero attached hydrogens (tertiary/aromatic N) is 2. The molecule has 0 N–H and O–H groups in total. The van der Waals surface area contributed by atoms with Crippen LogP contribution in [0.25, 0.3) is 11.3 Å². The summed E-state index contributed by atoms with van der Waals surface area (Å²) in [6, 6.07) is 9.17. The fraction of sp³-hybridized carbons (Fsp3) is 0.118. The standard InChI is InChI=1S/C17H12N2O3S2/c20-14(16-2-1-5-24-16)7-19-13-6-11(12-9-23-10-18-12)3-4-15(13)22-8-17(19)21/h1-6,9-10H,7-8H2. The molecule has 0 saturated carbocycles. The molecule has 3 aromatic rings. The molecule has 0 saturated heterocycles. The van der Waals surface area contributed by atoms with Gasteiger partial charge in [-0.25, -0.2) is 4.98 Å². The Bertz CT molecular complexity index is 889. The van der Waals surface area contributed by atoms with Crippen molar-refractivity contribution in [2.45, 2.75) is 0 Å². The van der Waals surface area contributed by atoms with E-state index in [-0.39, 0.29) is 24.8 Å². The fourth-order valence-corrected chi connectivity index (χ4v) is 3.77. The highest BCUT2D eigenvalue weighted by atomic mass is 32.1. The molecule has 4 rings (SSSR count). The number of Topliss-reactive ketones (excluding diaryl/α,β-unsaturated/α-hetero) is 1. The maximum Gasteiger partial charge on any atom is 0.265 e. The zero-order valence-corrected chi connectivity index (χ0v) is 14.1. The van der Waals surface area contributed by atoms with Crippen LogP contribution in [0.3, 0.4) is 0 Å². The maximum atomic E-state index is 12.4. The van der Waals surface area contributed by atoms with Crippen molar-refractivity contribution in [3.05, 3.63) is 51.5 Å². The van der Waals surface area contributed by atoms with Crippen molar-refractivity contribution in [2.24, 2.45) is 0 Å². The molecule has 1 aliphatic heterocycles. The third kappa shape index (κ3) is 2.72. The summed E-state index contributed by atoms with van der Waals surface area (Å²) in [5.41, 5.74) is 4.10. The van der Waals surface area contributed by atoms with Crippen LogP contribution >= 0.6 is 22.7 Å². The average Bonchev–Trinajstić information content (AvgIpc) is 3.30. The van der Waals surface area contributed by atoms with E-state index in [1.54, 1.807) is 11.6 Å². The third-order valence-electron chi connectivity index (χ3n) is 3.73. The summed E-state index contributed by atoms with van der Waals surface area (Å²) in [6.45, 7) is -0.0446. The number of thiophene rings is 1. The first-order valence-corrected chi connectivity index (χ1v) is 9.07. The van der Waals surface area contributed by atoms with E-state index in [0.717, 1.165) is 11.3 Å². The Labute approximate surface area is 146 Å². The van der Waals surface area contributed by atoms with Gasteiger partial charge in [0.1, 0.15) is 5.75 Å². The van der Waals surface area contributed by atoms with Crippen molar-refractivity contribution in [3.8, 4) is 17.0 Å². The van der Waals surface area contributed by atoms with Gasteiger partial charge in [-0.2, -0.15) is 0 Å². The largest absolute Gasteiger partial charge is 0.482 e. The summed E-state index contributed by atoms with van der Waals surface area (Å²) in [4.78, 5) is 31.1. The number of carbonyl (C=O) groups is 2. The first kappa shape index (κ1) is 15.0. The molecule has 1 amide bonds. The molecule has 0 spiro atoms. The van der Waals surface area contributed by atoms with Gasteiger partial charge in [0.15, 0.2) is 12.4 Å². The molecule has 1 aliphatic rings. The van der Waals surface area contributed by atoms with Crippen LogP contribution in [-0.2, 0) is 4.79 Å². The summed E-state index contributed by atoms with van der Waals surface area (Å²) in [7, 11) is 0. The number of amides is 1. The van der Waals surface area contributed by atoms with E-state index in [1.165, 1.54) is 27.6 Å². The van der Waals surface area contributed by atoms with Crippen molar-refractivity contribution >= 4 is 40.1 Å². The molecule has 0 unspecified atom stereocenters. The molecule has 1 aromatic carbocycles. The lowest BCUT2D eigenvalue weighted by molar-refractivity contribution is -0.121. The topological polar surface area (TPSA) is 59.5 Å². The van der Waals surface area contributed by atoms with Gasteiger partial charge in [0.25, 0.3) is 5.91 Å². The minimum atomic E-state index is -0.220. The Balaban J connectivity index is 1.69. The van der Waals surface area contributed by atoms with Gasteiger partial charge in [0.2, 0.25) is 0 Å². The molecule has 120 valence electrons. The van der Waals surface area contributed by atoms with E-state index < -0.39 is 0 Å². The molecule has 2 aromatic heterocycles. The molecular weight excluding hydrogens is 344 g/mol. The van der Waals surface area contributed by atoms with E-state index in [9.17, 15) is 9.59 Å². The zero-order chi connectivity index (χ0) is 16.5. The van der Waals surface area contributed by atoms with E-state index in [1.807, 2.05) is 35.0 Å². The number of thiazole rings is 1. The van der Waals surface area contributed by atoms with Crippen molar-refractivity contribution in [2.75, 3.05) is 18.1 Å². The van der Waals surface area contributed by atoms with Gasteiger partial charge < -0.3 is 4.74 Å². The monoisotopic (exact) mass is 356 g/mol. The second-order valence-electron chi connectivity index (χ2n) is 5.23. The molecule has 0 radical (unpaired) electrons. The zero-order valence-electron chi connectivity index (χ0n) is 12.5. The van der Waals surface area contributed by atoms with Crippen LogP contribution in [0.4, 0.5) is 5.69 Å². The second kappa shape index (κ2) is 6.18. The molecule has 0 fully saturated rings. The summed E-state index contributed by atoms with van der Waals surface area (Å²) >= 11 is 2.88. The van der Waals surface area contributed by atoms with Crippen LogP contribution in [0.5, 0.6) is 5.75 Å². The van der Waals surface area contributed by atoms with Gasteiger partial charge in [-0.1, -0.05) is 6.07 Å². The van der Waals surface area contributed by atoms with E-state index >= 15 is 0 Å². The van der Waals surface area contributed by atoms with Crippen molar-refractivity contribution in [1.82, 2.24) is 4.98 Å². The van der Waals surface area contributed by atoms with Gasteiger partial charge >= 0.3 is 0 Å². The molecule has 24 heavy (non-hydrogen) atoms. The number of anilines is 1. The summed E-state index contributed by atoms with van der Waals surface area (Å²) in [5, 5.41) is 3.79. The minimum Gasteiger partial charge on any atom is -0.482 e. The van der Waals surface area contributed by atoms with Gasteiger partial charge in [0, 0.05) is 10.9 Å². The number of hydrogen-bond donors (Lipinski definition) is 0. The quantitative estimate of drug-likeness (QED) is 0.672. The lowest BCUT2D eigenvalue weighted by Crippen LogP contribution is -2.41. The molecule has 0 bridgehead atoms. The van der Waals surface area contributed by atoms with Crippen molar-refractivity contribution in [3.63, 3.8) is 0 Å². The third-order valence-corrected chi connectivity index (χ3v) is 5.23. The smallest absolute Gasteiger partial charge is 0.265 e. The normalized spacial score (nSPS) is 13.5. The maximum absolute atomic E-state index is 12.4. The summed E-state index contributed by atoms with van der Waals surface area (Å²) in [6.07, 6.45) is 0. The van der Waals surface area contributed by atoms with Crippen LogP contribution in [-0.4, -0.2) is 29.8 Å². The highest BCUT2D eigenvalue weighted by molar-refractivity contribution is 7.12. The van der Waals surface area contributed by atoms with Crippen molar-refractivity contribution in [1.29, 1.82) is 0 Å². The molecule has 0 aliphatic carbocycles. The van der Waals surface area contributed by atoms with E-state index in [0.29, 0.717) is 16.3 Å².